The van der Waals surface area contributed by atoms with Gasteiger partial charge in [0, 0.05) is 5.56 Å². The molecule has 0 saturated carbocycles. The number of furan rings is 1. The van der Waals surface area contributed by atoms with E-state index in [2.05, 4.69) is 9.97 Å². The lowest BCUT2D eigenvalue weighted by Crippen LogP contribution is -2.07. The molecule has 23 heavy (non-hydrogen) atoms. The fourth-order valence-electron chi connectivity index (χ4n) is 2.48. The first-order valence-corrected chi connectivity index (χ1v) is 7.23. The van der Waals surface area contributed by atoms with Crippen LogP contribution >= 0.6 is 0 Å². The molecule has 110 valence electrons. The molecule has 0 fully saturated rings. The van der Waals surface area contributed by atoms with Gasteiger partial charge in [-0.15, -0.1) is 0 Å². The number of ketones is 1. The van der Waals surface area contributed by atoms with Crippen LogP contribution in [-0.4, -0.2) is 15.8 Å². The Balaban J connectivity index is 1.99. The number of hydrogen-bond acceptors (Lipinski definition) is 4. The van der Waals surface area contributed by atoms with Crippen molar-refractivity contribution in [2.24, 2.45) is 0 Å². The Bertz CT molecular complexity index is 977. The summed E-state index contributed by atoms with van der Waals surface area (Å²) in [5, 5.41) is 0. The van der Waals surface area contributed by atoms with E-state index >= 15 is 0 Å². The van der Waals surface area contributed by atoms with Crippen molar-refractivity contribution in [1.29, 1.82) is 0 Å². The van der Waals surface area contributed by atoms with E-state index in [1.165, 1.54) is 6.26 Å². The molecule has 0 saturated heterocycles. The van der Waals surface area contributed by atoms with E-state index in [0.29, 0.717) is 16.9 Å². The first-order valence-electron chi connectivity index (χ1n) is 7.23. The van der Waals surface area contributed by atoms with Gasteiger partial charge in [0.1, 0.15) is 11.4 Å². The van der Waals surface area contributed by atoms with Gasteiger partial charge in [0.15, 0.2) is 5.76 Å². The number of carbonyl (C=O) groups is 1. The van der Waals surface area contributed by atoms with Crippen LogP contribution < -0.4 is 0 Å². The maximum absolute atomic E-state index is 12.7. The lowest BCUT2D eigenvalue weighted by molar-refractivity contribution is 0.100. The van der Waals surface area contributed by atoms with Crippen molar-refractivity contribution < 1.29 is 9.21 Å². The van der Waals surface area contributed by atoms with Gasteiger partial charge in [0.25, 0.3) is 0 Å². The second-order valence-electron chi connectivity index (χ2n) is 5.08. The summed E-state index contributed by atoms with van der Waals surface area (Å²) in [6.45, 7) is 0. The predicted octanol–water partition coefficient (Wildman–Crippen LogP) is 4.12. The average Bonchev–Trinajstić information content (AvgIpc) is 3.15. The molecule has 4 nitrogen and oxygen atoms in total. The van der Waals surface area contributed by atoms with Gasteiger partial charge in [-0.05, 0) is 24.3 Å². The van der Waals surface area contributed by atoms with Crippen molar-refractivity contribution in [2.45, 2.75) is 0 Å². The van der Waals surface area contributed by atoms with E-state index in [0.717, 1.165) is 11.1 Å². The Labute approximate surface area is 132 Å². The summed E-state index contributed by atoms with van der Waals surface area (Å²) in [7, 11) is 0. The highest BCUT2D eigenvalue weighted by Gasteiger charge is 2.21. The van der Waals surface area contributed by atoms with Crippen molar-refractivity contribution in [3.8, 4) is 11.3 Å². The maximum atomic E-state index is 12.7. The van der Waals surface area contributed by atoms with Crippen LogP contribution in [-0.2, 0) is 0 Å². The van der Waals surface area contributed by atoms with Crippen molar-refractivity contribution in [1.82, 2.24) is 9.97 Å². The van der Waals surface area contributed by atoms with E-state index in [4.69, 9.17) is 4.42 Å². The van der Waals surface area contributed by atoms with Crippen LogP contribution in [0.25, 0.3) is 22.3 Å². The zero-order chi connectivity index (χ0) is 15.6. The Kier molecular flexibility index (Phi) is 3.20. The number of aromatic nitrogens is 2. The van der Waals surface area contributed by atoms with Crippen LogP contribution in [0.4, 0.5) is 0 Å². The van der Waals surface area contributed by atoms with E-state index < -0.39 is 0 Å². The third-order valence-corrected chi connectivity index (χ3v) is 3.58. The number of carbonyl (C=O) groups excluding carboxylic acids is 1. The fraction of sp³-hybridized carbons (Fsp3) is 0. The van der Waals surface area contributed by atoms with Gasteiger partial charge < -0.3 is 4.42 Å². The molecule has 0 aliphatic carbocycles. The molecule has 4 heteroatoms. The molecule has 0 atom stereocenters. The van der Waals surface area contributed by atoms with Crippen LogP contribution in [0.2, 0.25) is 0 Å². The third-order valence-electron chi connectivity index (χ3n) is 3.58. The Morgan fingerprint density at radius 3 is 2.17 bits per heavy atom. The molecule has 0 radical (unpaired) electrons. The van der Waals surface area contributed by atoms with Crippen LogP contribution in [0.5, 0.6) is 0 Å². The van der Waals surface area contributed by atoms with Crippen LogP contribution in [0, 0.1) is 0 Å². The van der Waals surface area contributed by atoms with Crippen molar-refractivity contribution in [3.63, 3.8) is 0 Å². The Morgan fingerprint density at radius 2 is 1.48 bits per heavy atom. The number of para-hydroxylation sites is 2. The molecule has 4 aromatic rings. The normalized spacial score (nSPS) is 10.8. The molecule has 0 N–H and O–H groups in total. The molecule has 0 bridgehead atoms. The van der Waals surface area contributed by atoms with Crippen molar-refractivity contribution in [3.05, 3.63) is 84.4 Å². The molecule has 0 unspecified atom stereocenters. The summed E-state index contributed by atoms with van der Waals surface area (Å²) in [6.07, 6.45) is 1.48. The number of nitrogens with zero attached hydrogens (tertiary/aromatic N) is 2. The first-order chi connectivity index (χ1) is 11.3. The molecule has 2 heterocycles. The summed E-state index contributed by atoms with van der Waals surface area (Å²) in [6, 6.07) is 20.4. The predicted molar refractivity (Wildman–Crippen MR) is 87.1 cm³/mol. The van der Waals surface area contributed by atoms with E-state index in [1.54, 1.807) is 12.1 Å². The van der Waals surface area contributed by atoms with Gasteiger partial charge in [-0.3, -0.25) is 4.79 Å². The average molecular weight is 300 g/mol. The lowest BCUT2D eigenvalue weighted by atomic mass is 10.1. The Morgan fingerprint density at radius 1 is 0.783 bits per heavy atom. The number of benzene rings is 2. The van der Waals surface area contributed by atoms with Crippen LogP contribution in [0.15, 0.2) is 77.4 Å². The summed E-state index contributed by atoms with van der Waals surface area (Å²) in [5.41, 5.74) is 3.14. The SMILES string of the molecule is O=C(c1ccco1)c1nc2ccccc2nc1-c1ccccc1. The smallest absolute Gasteiger partial charge is 0.248 e. The maximum Gasteiger partial charge on any atom is 0.248 e. The summed E-state index contributed by atoms with van der Waals surface area (Å²) < 4.78 is 5.24. The van der Waals surface area contributed by atoms with Crippen LogP contribution in [0.1, 0.15) is 16.2 Å². The van der Waals surface area contributed by atoms with Crippen LogP contribution in [0.3, 0.4) is 0 Å². The summed E-state index contributed by atoms with van der Waals surface area (Å²) >= 11 is 0. The molecular formula is C19H12N2O2. The van der Waals surface area contributed by atoms with Gasteiger partial charge in [-0.25, -0.2) is 9.97 Å². The Hall–Kier alpha value is -3.27. The highest BCUT2D eigenvalue weighted by atomic mass is 16.3. The number of hydrogen-bond donors (Lipinski definition) is 0. The zero-order valence-corrected chi connectivity index (χ0v) is 12.1. The fourth-order valence-corrected chi connectivity index (χ4v) is 2.48. The number of fused-ring (bicyclic) bond motifs is 1. The van der Waals surface area contributed by atoms with Gasteiger partial charge in [0.05, 0.1) is 17.3 Å². The molecule has 4 rings (SSSR count). The molecule has 0 aliphatic rings. The second kappa shape index (κ2) is 5.50. The van der Waals surface area contributed by atoms with E-state index in [1.807, 2.05) is 54.6 Å². The minimum atomic E-state index is -0.271. The highest BCUT2D eigenvalue weighted by molar-refractivity contribution is 6.10. The molecule has 2 aromatic heterocycles. The summed E-state index contributed by atoms with van der Waals surface area (Å²) in [4.78, 5) is 21.9. The minimum Gasteiger partial charge on any atom is -0.461 e. The quantitative estimate of drug-likeness (QED) is 0.534. The zero-order valence-electron chi connectivity index (χ0n) is 12.1. The van der Waals surface area contributed by atoms with Gasteiger partial charge >= 0.3 is 0 Å². The van der Waals surface area contributed by atoms with E-state index in [9.17, 15) is 4.79 Å². The molecule has 0 aliphatic heterocycles. The topological polar surface area (TPSA) is 56.0 Å². The van der Waals surface area contributed by atoms with E-state index in [-0.39, 0.29) is 11.5 Å². The molecule has 0 spiro atoms. The molecule has 0 amide bonds. The second-order valence-corrected chi connectivity index (χ2v) is 5.08. The van der Waals surface area contributed by atoms with Gasteiger partial charge in [0.2, 0.25) is 5.78 Å². The molecule has 2 aromatic carbocycles. The van der Waals surface area contributed by atoms with Gasteiger partial charge in [-0.1, -0.05) is 42.5 Å². The number of rotatable bonds is 3. The highest BCUT2D eigenvalue weighted by Crippen LogP contribution is 2.25. The van der Waals surface area contributed by atoms with Crippen molar-refractivity contribution in [2.75, 3.05) is 0 Å². The standard InChI is InChI=1S/C19H12N2O2/c22-19(16-11-6-12-23-16)18-17(13-7-2-1-3-8-13)20-14-9-4-5-10-15(14)21-18/h1-12H. The van der Waals surface area contributed by atoms with Crippen molar-refractivity contribution >= 4 is 16.8 Å². The monoisotopic (exact) mass is 300 g/mol. The largest absolute Gasteiger partial charge is 0.461 e. The lowest BCUT2D eigenvalue weighted by Gasteiger charge is -2.08. The summed E-state index contributed by atoms with van der Waals surface area (Å²) in [5.74, 6) is -0.0149. The minimum absolute atomic E-state index is 0.256. The molecular weight excluding hydrogens is 288 g/mol. The first kappa shape index (κ1) is 13.4. The van der Waals surface area contributed by atoms with Gasteiger partial charge in [-0.2, -0.15) is 0 Å². The third kappa shape index (κ3) is 2.40.